The Bertz CT molecular complexity index is 1000. The number of sulfonamides is 1. The predicted octanol–water partition coefficient (Wildman–Crippen LogP) is 3.13. The standard InChI is InChI=1S/C25H33N3O3S/c1-21-8-10-24(11-9-21)32(30,31)28-16-12-23(13-17-28)25(29)27-15-5-14-26(18-19-27)20-22-6-3-2-4-7-22/h2-4,6-11,23H,5,12-20H2,1H3. The molecule has 0 atom stereocenters. The molecule has 1 amide bonds. The summed E-state index contributed by atoms with van der Waals surface area (Å²) in [6.45, 7) is 7.06. The summed E-state index contributed by atoms with van der Waals surface area (Å²) in [4.78, 5) is 17.9. The Morgan fingerprint density at radius 2 is 1.56 bits per heavy atom. The minimum absolute atomic E-state index is 0.0832. The summed E-state index contributed by atoms with van der Waals surface area (Å²) in [7, 11) is -3.49. The van der Waals surface area contributed by atoms with Crippen LogP contribution in [0.25, 0.3) is 0 Å². The van der Waals surface area contributed by atoms with Crippen LogP contribution in [-0.2, 0) is 21.4 Å². The first-order valence-electron chi connectivity index (χ1n) is 11.6. The molecule has 2 saturated heterocycles. The minimum atomic E-state index is -3.49. The fourth-order valence-corrected chi connectivity index (χ4v) is 6.12. The fourth-order valence-electron chi connectivity index (χ4n) is 4.65. The van der Waals surface area contributed by atoms with E-state index in [1.807, 2.05) is 30.0 Å². The molecule has 0 radical (unpaired) electrons. The zero-order chi connectivity index (χ0) is 22.6. The normalized spacial score (nSPS) is 19.6. The van der Waals surface area contributed by atoms with Gasteiger partial charge in [-0.15, -0.1) is 0 Å². The molecular weight excluding hydrogens is 422 g/mol. The summed E-state index contributed by atoms with van der Waals surface area (Å²) in [5.41, 5.74) is 2.34. The molecule has 0 unspecified atom stereocenters. The van der Waals surface area contributed by atoms with Crippen LogP contribution in [-0.4, -0.2) is 67.7 Å². The van der Waals surface area contributed by atoms with Crippen LogP contribution < -0.4 is 0 Å². The number of hydrogen-bond donors (Lipinski definition) is 0. The fraction of sp³-hybridized carbons (Fsp3) is 0.480. The Morgan fingerprint density at radius 3 is 2.25 bits per heavy atom. The quantitative estimate of drug-likeness (QED) is 0.695. The van der Waals surface area contributed by atoms with Gasteiger partial charge in [-0.1, -0.05) is 48.0 Å². The van der Waals surface area contributed by atoms with Gasteiger partial charge in [0.05, 0.1) is 4.90 Å². The average molecular weight is 456 g/mol. The van der Waals surface area contributed by atoms with Gasteiger partial charge >= 0.3 is 0 Å². The van der Waals surface area contributed by atoms with E-state index in [1.165, 1.54) is 9.87 Å². The summed E-state index contributed by atoms with van der Waals surface area (Å²) < 4.78 is 27.4. The minimum Gasteiger partial charge on any atom is -0.341 e. The van der Waals surface area contributed by atoms with Gasteiger partial charge in [0.25, 0.3) is 0 Å². The molecule has 6 nitrogen and oxygen atoms in total. The van der Waals surface area contributed by atoms with Gasteiger partial charge in [0.2, 0.25) is 15.9 Å². The molecule has 0 N–H and O–H groups in total. The number of benzene rings is 2. The molecule has 0 spiro atoms. The Morgan fingerprint density at radius 1 is 0.875 bits per heavy atom. The van der Waals surface area contributed by atoms with Crippen molar-refractivity contribution in [3.63, 3.8) is 0 Å². The molecule has 0 saturated carbocycles. The Kier molecular flexibility index (Phi) is 7.28. The van der Waals surface area contributed by atoms with Gasteiger partial charge in [0.15, 0.2) is 0 Å². The topological polar surface area (TPSA) is 60.9 Å². The third-order valence-electron chi connectivity index (χ3n) is 6.61. The van der Waals surface area contributed by atoms with E-state index in [0.717, 1.165) is 44.7 Å². The highest BCUT2D eigenvalue weighted by Crippen LogP contribution is 2.26. The van der Waals surface area contributed by atoms with Crippen molar-refractivity contribution < 1.29 is 13.2 Å². The van der Waals surface area contributed by atoms with Crippen LogP contribution in [0.2, 0.25) is 0 Å². The number of aryl methyl sites for hydroxylation is 1. The van der Waals surface area contributed by atoms with Gasteiger partial charge in [0.1, 0.15) is 0 Å². The van der Waals surface area contributed by atoms with E-state index in [-0.39, 0.29) is 11.8 Å². The maximum absolute atomic E-state index is 13.2. The van der Waals surface area contributed by atoms with Crippen LogP contribution in [0.5, 0.6) is 0 Å². The second kappa shape index (κ2) is 10.1. The lowest BCUT2D eigenvalue weighted by molar-refractivity contribution is -0.136. The van der Waals surface area contributed by atoms with E-state index in [0.29, 0.717) is 30.8 Å². The lowest BCUT2D eigenvalue weighted by Crippen LogP contribution is -2.45. The highest BCUT2D eigenvalue weighted by molar-refractivity contribution is 7.89. The van der Waals surface area contributed by atoms with Crippen molar-refractivity contribution in [3.05, 3.63) is 65.7 Å². The molecule has 0 bridgehead atoms. The average Bonchev–Trinajstić information content (AvgIpc) is 3.05. The van der Waals surface area contributed by atoms with Crippen LogP contribution in [0.3, 0.4) is 0 Å². The molecule has 2 aliphatic heterocycles. The Hall–Kier alpha value is -2.22. The monoisotopic (exact) mass is 455 g/mol. The second-order valence-electron chi connectivity index (χ2n) is 8.93. The maximum atomic E-state index is 13.2. The first-order valence-corrected chi connectivity index (χ1v) is 13.0. The number of piperidine rings is 1. The molecule has 2 heterocycles. The molecule has 2 aromatic carbocycles. The third kappa shape index (κ3) is 5.39. The summed E-state index contributed by atoms with van der Waals surface area (Å²) in [6.07, 6.45) is 2.15. The number of hydrogen-bond acceptors (Lipinski definition) is 4. The van der Waals surface area contributed by atoms with Gasteiger partial charge in [0, 0.05) is 51.7 Å². The molecule has 172 valence electrons. The molecule has 0 aliphatic carbocycles. The van der Waals surface area contributed by atoms with E-state index >= 15 is 0 Å². The van der Waals surface area contributed by atoms with E-state index in [9.17, 15) is 13.2 Å². The van der Waals surface area contributed by atoms with Crippen molar-refractivity contribution in [1.29, 1.82) is 0 Å². The van der Waals surface area contributed by atoms with E-state index < -0.39 is 10.0 Å². The number of nitrogens with zero attached hydrogens (tertiary/aromatic N) is 3. The molecule has 2 fully saturated rings. The smallest absolute Gasteiger partial charge is 0.243 e. The molecular formula is C25H33N3O3S. The summed E-state index contributed by atoms with van der Waals surface area (Å²) in [5.74, 6) is 0.110. The molecule has 4 rings (SSSR count). The lowest BCUT2D eigenvalue weighted by atomic mass is 9.96. The summed E-state index contributed by atoms with van der Waals surface area (Å²) in [6, 6.07) is 17.4. The van der Waals surface area contributed by atoms with E-state index in [4.69, 9.17) is 0 Å². The number of carbonyl (C=O) groups excluding carboxylic acids is 1. The zero-order valence-electron chi connectivity index (χ0n) is 18.8. The molecule has 32 heavy (non-hydrogen) atoms. The third-order valence-corrected chi connectivity index (χ3v) is 8.52. The predicted molar refractivity (Wildman–Crippen MR) is 126 cm³/mol. The molecule has 0 aromatic heterocycles. The molecule has 7 heteroatoms. The molecule has 2 aliphatic rings. The van der Waals surface area contributed by atoms with Gasteiger partial charge in [-0.3, -0.25) is 9.69 Å². The highest BCUT2D eigenvalue weighted by atomic mass is 32.2. The largest absolute Gasteiger partial charge is 0.341 e. The van der Waals surface area contributed by atoms with Crippen molar-refractivity contribution in [3.8, 4) is 0 Å². The first kappa shape index (κ1) is 23.0. The van der Waals surface area contributed by atoms with Crippen molar-refractivity contribution in [2.24, 2.45) is 5.92 Å². The number of amides is 1. The lowest BCUT2D eigenvalue weighted by Gasteiger charge is -2.33. The van der Waals surface area contributed by atoms with Gasteiger partial charge < -0.3 is 4.90 Å². The van der Waals surface area contributed by atoms with Crippen LogP contribution in [0.1, 0.15) is 30.4 Å². The Labute approximate surface area is 191 Å². The Balaban J connectivity index is 1.30. The van der Waals surface area contributed by atoms with Crippen molar-refractivity contribution in [1.82, 2.24) is 14.1 Å². The number of rotatable bonds is 5. The van der Waals surface area contributed by atoms with Crippen molar-refractivity contribution >= 4 is 15.9 Å². The van der Waals surface area contributed by atoms with Crippen molar-refractivity contribution in [2.45, 2.75) is 37.6 Å². The summed E-state index contributed by atoms with van der Waals surface area (Å²) >= 11 is 0. The van der Waals surface area contributed by atoms with Gasteiger partial charge in [-0.2, -0.15) is 4.31 Å². The maximum Gasteiger partial charge on any atom is 0.243 e. The SMILES string of the molecule is Cc1ccc(S(=O)(=O)N2CCC(C(=O)N3CCCN(Cc4ccccc4)CC3)CC2)cc1. The van der Waals surface area contributed by atoms with Crippen molar-refractivity contribution in [2.75, 3.05) is 39.3 Å². The van der Waals surface area contributed by atoms with E-state index in [2.05, 4.69) is 29.2 Å². The first-order chi connectivity index (χ1) is 15.4. The zero-order valence-corrected chi connectivity index (χ0v) is 19.6. The molecule has 2 aromatic rings. The van der Waals surface area contributed by atoms with Crippen LogP contribution >= 0.6 is 0 Å². The van der Waals surface area contributed by atoms with Crippen LogP contribution in [0.4, 0.5) is 0 Å². The van der Waals surface area contributed by atoms with Crippen LogP contribution in [0, 0.1) is 12.8 Å². The van der Waals surface area contributed by atoms with Gasteiger partial charge in [-0.05, 0) is 43.9 Å². The van der Waals surface area contributed by atoms with Gasteiger partial charge in [-0.25, -0.2) is 8.42 Å². The highest BCUT2D eigenvalue weighted by Gasteiger charge is 2.34. The number of carbonyl (C=O) groups is 1. The van der Waals surface area contributed by atoms with Crippen LogP contribution in [0.15, 0.2) is 59.5 Å². The summed E-state index contributed by atoms with van der Waals surface area (Å²) in [5, 5.41) is 0. The second-order valence-corrected chi connectivity index (χ2v) is 10.9. The van der Waals surface area contributed by atoms with E-state index in [1.54, 1.807) is 12.1 Å².